The molecule has 0 radical (unpaired) electrons. The molecule has 3 rings (SSSR count). The highest BCUT2D eigenvalue weighted by Crippen LogP contribution is 2.12. The lowest BCUT2D eigenvalue weighted by Crippen LogP contribution is -2.48. The summed E-state index contributed by atoms with van der Waals surface area (Å²) in [6, 6.07) is 11.5. The summed E-state index contributed by atoms with van der Waals surface area (Å²) in [5.41, 5.74) is 2.86. The Kier molecular flexibility index (Phi) is 5.74. The second-order valence-corrected chi connectivity index (χ2v) is 5.96. The highest BCUT2D eigenvalue weighted by atomic mass is 16.6. The molecule has 2 aromatic rings. The molecule has 0 aliphatic carbocycles. The summed E-state index contributed by atoms with van der Waals surface area (Å²) >= 11 is 0. The molecule has 1 fully saturated rings. The predicted molar refractivity (Wildman–Crippen MR) is 96.5 cm³/mol. The number of carbonyl (C=O) groups excluding carboxylic acids is 1. The van der Waals surface area contributed by atoms with Gasteiger partial charge in [-0.2, -0.15) is 0 Å². The van der Waals surface area contributed by atoms with Crippen molar-refractivity contribution in [2.24, 2.45) is 5.16 Å². The van der Waals surface area contributed by atoms with E-state index in [-0.39, 0.29) is 5.91 Å². The Morgan fingerprint density at radius 3 is 2.44 bits per heavy atom. The number of oxime groups is 1. The second-order valence-electron chi connectivity index (χ2n) is 5.96. The van der Waals surface area contributed by atoms with Crippen molar-refractivity contribution in [1.29, 1.82) is 0 Å². The summed E-state index contributed by atoms with van der Waals surface area (Å²) in [6.07, 6.45) is 5.25. The molecule has 1 aliphatic heterocycles. The lowest BCUT2D eigenvalue weighted by molar-refractivity contribution is 0.0628. The zero-order chi connectivity index (χ0) is 17.5. The van der Waals surface area contributed by atoms with Crippen LogP contribution in [0.1, 0.15) is 21.5 Å². The standard InChI is InChI=1S/C19H22N4O2/c1-25-21-14-16-2-4-18(5-3-16)19(24)23-12-10-22(11-13-23)15-17-6-8-20-9-7-17/h2-9,14H,10-13,15H2,1H3/b21-14+. The lowest BCUT2D eigenvalue weighted by atomic mass is 10.1. The van der Waals surface area contributed by atoms with Gasteiger partial charge in [0, 0.05) is 50.7 Å². The maximum atomic E-state index is 12.6. The molecule has 25 heavy (non-hydrogen) atoms. The van der Waals surface area contributed by atoms with E-state index in [0.717, 1.165) is 38.3 Å². The van der Waals surface area contributed by atoms with Gasteiger partial charge in [-0.15, -0.1) is 0 Å². The summed E-state index contributed by atoms with van der Waals surface area (Å²) in [6.45, 7) is 4.16. The fourth-order valence-electron chi connectivity index (χ4n) is 2.86. The van der Waals surface area contributed by atoms with Crippen molar-refractivity contribution in [1.82, 2.24) is 14.8 Å². The predicted octanol–water partition coefficient (Wildman–Crippen LogP) is 2.02. The molecule has 0 atom stereocenters. The quantitative estimate of drug-likeness (QED) is 0.618. The first kappa shape index (κ1) is 17.1. The zero-order valence-corrected chi connectivity index (χ0v) is 14.3. The van der Waals surface area contributed by atoms with Gasteiger partial charge in [0.2, 0.25) is 0 Å². The number of piperazine rings is 1. The van der Waals surface area contributed by atoms with E-state index in [1.165, 1.54) is 12.7 Å². The summed E-state index contributed by atoms with van der Waals surface area (Å²) in [5, 5.41) is 3.72. The van der Waals surface area contributed by atoms with Crippen molar-refractivity contribution in [3.8, 4) is 0 Å². The number of aromatic nitrogens is 1. The number of carbonyl (C=O) groups is 1. The number of nitrogens with zero attached hydrogens (tertiary/aromatic N) is 4. The van der Waals surface area contributed by atoms with Crippen LogP contribution in [0.25, 0.3) is 0 Å². The van der Waals surface area contributed by atoms with Crippen LogP contribution in [-0.2, 0) is 11.4 Å². The largest absolute Gasteiger partial charge is 0.399 e. The van der Waals surface area contributed by atoms with Crippen LogP contribution < -0.4 is 0 Å². The number of hydrogen-bond donors (Lipinski definition) is 0. The summed E-state index contributed by atoms with van der Waals surface area (Å²) in [7, 11) is 1.50. The minimum atomic E-state index is 0.0822. The van der Waals surface area contributed by atoms with Crippen LogP contribution >= 0.6 is 0 Å². The van der Waals surface area contributed by atoms with Gasteiger partial charge >= 0.3 is 0 Å². The second kappa shape index (κ2) is 8.39. The first-order chi connectivity index (χ1) is 12.3. The van der Waals surface area contributed by atoms with Crippen molar-refractivity contribution in [2.75, 3.05) is 33.3 Å². The van der Waals surface area contributed by atoms with Gasteiger partial charge in [-0.25, -0.2) is 0 Å². The molecule has 1 aliphatic rings. The molecule has 0 spiro atoms. The van der Waals surface area contributed by atoms with Crippen LogP contribution in [-0.4, -0.2) is 60.2 Å². The molecule has 1 amide bonds. The van der Waals surface area contributed by atoms with Crippen molar-refractivity contribution >= 4 is 12.1 Å². The van der Waals surface area contributed by atoms with Gasteiger partial charge in [-0.3, -0.25) is 14.7 Å². The molecule has 1 aromatic heterocycles. The van der Waals surface area contributed by atoms with E-state index in [1.807, 2.05) is 53.7 Å². The Hall–Kier alpha value is -2.73. The molecular weight excluding hydrogens is 316 g/mol. The van der Waals surface area contributed by atoms with Gasteiger partial charge in [0.15, 0.2) is 0 Å². The Morgan fingerprint density at radius 2 is 1.80 bits per heavy atom. The highest BCUT2D eigenvalue weighted by molar-refractivity contribution is 5.95. The first-order valence-electron chi connectivity index (χ1n) is 8.33. The van der Waals surface area contributed by atoms with E-state index in [2.05, 4.69) is 19.9 Å². The summed E-state index contributed by atoms with van der Waals surface area (Å²) in [5.74, 6) is 0.0822. The average molecular weight is 338 g/mol. The molecule has 0 bridgehead atoms. The molecule has 0 N–H and O–H groups in total. The van der Waals surface area contributed by atoms with Crippen LogP contribution in [0.15, 0.2) is 53.9 Å². The Balaban J connectivity index is 1.53. The summed E-state index contributed by atoms with van der Waals surface area (Å²) in [4.78, 5) is 25.6. The fraction of sp³-hybridized carbons (Fsp3) is 0.316. The van der Waals surface area contributed by atoms with Crippen molar-refractivity contribution in [2.45, 2.75) is 6.54 Å². The lowest BCUT2D eigenvalue weighted by Gasteiger charge is -2.34. The topological polar surface area (TPSA) is 58.0 Å². The molecular formula is C19H22N4O2. The van der Waals surface area contributed by atoms with Crippen LogP contribution in [0.4, 0.5) is 0 Å². The average Bonchev–Trinajstić information content (AvgIpc) is 2.68. The molecule has 0 saturated carbocycles. The first-order valence-corrected chi connectivity index (χ1v) is 8.33. The number of hydrogen-bond acceptors (Lipinski definition) is 5. The Morgan fingerprint density at radius 1 is 1.12 bits per heavy atom. The van der Waals surface area contributed by atoms with Crippen molar-refractivity contribution < 1.29 is 9.63 Å². The van der Waals surface area contributed by atoms with Gasteiger partial charge < -0.3 is 9.74 Å². The maximum Gasteiger partial charge on any atom is 0.253 e. The van der Waals surface area contributed by atoms with Crippen LogP contribution in [0, 0.1) is 0 Å². The third kappa shape index (κ3) is 4.64. The number of pyridine rings is 1. The van der Waals surface area contributed by atoms with Crippen LogP contribution in [0.3, 0.4) is 0 Å². The maximum absolute atomic E-state index is 12.6. The molecule has 1 aromatic carbocycles. The minimum absolute atomic E-state index is 0.0822. The molecule has 0 unspecified atom stereocenters. The normalized spacial score (nSPS) is 15.5. The minimum Gasteiger partial charge on any atom is -0.399 e. The molecule has 6 nitrogen and oxygen atoms in total. The number of benzene rings is 1. The molecule has 2 heterocycles. The SMILES string of the molecule is CO/N=C/c1ccc(C(=O)N2CCN(Cc3ccncc3)CC2)cc1. The van der Waals surface area contributed by atoms with Crippen molar-refractivity contribution in [3.63, 3.8) is 0 Å². The Labute approximate surface area is 147 Å². The number of rotatable bonds is 5. The monoisotopic (exact) mass is 338 g/mol. The van der Waals surface area contributed by atoms with Crippen LogP contribution in [0.5, 0.6) is 0 Å². The van der Waals surface area contributed by atoms with Gasteiger partial charge in [0.05, 0.1) is 6.21 Å². The van der Waals surface area contributed by atoms with Gasteiger partial charge in [-0.1, -0.05) is 17.3 Å². The molecule has 1 saturated heterocycles. The molecule has 6 heteroatoms. The third-order valence-corrected chi connectivity index (χ3v) is 4.28. The fourth-order valence-corrected chi connectivity index (χ4v) is 2.86. The van der Waals surface area contributed by atoms with Crippen molar-refractivity contribution in [3.05, 3.63) is 65.5 Å². The van der Waals surface area contributed by atoms with E-state index in [1.54, 1.807) is 6.21 Å². The number of amides is 1. The van der Waals surface area contributed by atoms with Crippen LogP contribution in [0.2, 0.25) is 0 Å². The van der Waals surface area contributed by atoms with E-state index >= 15 is 0 Å². The van der Waals surface area contributed by atoms with E-state index in [0.29, 0.717) is 5.56 Å². The van der Waals surface area contributed by atoms with E-state index < -0.39 is 0 Å². The van der Waals surface area contributed by atoms with Gasteiger partial charge in [0.25, 0.3) is 5.91 Å². The smallest absolute Gasteiger partial charge is 0.253 e. The van der Waals surface area contributed by atoms with E-state index in [4.69, 9.17) is 0 Å². The Bertz CT molecular complexity index is 708. The summed E-state index contributed by atoms with van der Waals surface area (Å²) < 4.78 is 0. The third-order valence-electron chi connectivity index (χ3n) is 4.28. The van der Waals surface area contributed by atoms with Gasteiger partial charge in [0.1, 0.15) is 7.11 Å². The highest BCUT2D eigenvalue weighted by Gasteiger charge is 2.22. The molecule has 130 valence electrons. The van der Waals surface area contributed by atoms with E-state index in [9.17, 15) is 4.79 Å². The van der Waals surface area contributed by atoms with Gasteiger partial charge in [-0.05, 0) is 35.4 Å². The zero-order valence-electron chi connectivity index (χ0n) is 14.3.